The minimum atomic E-state index is -0.279. The van der Waals surface area contributed by atoms with Crippen molar-refractivity contribution in [1.29, 1.82) is 0 Å². The number of hydrogen-bond donors (Lipinski definition) is 2. The number of alkyl halides is 1. The Kier molecular flexibility index (Phi) is 29.8. The third-order valence-electron chi connectivity index (χ3n) is 14.0. The second-order valence-corrected chi connectivity index (χ2v) is 20.6. The summed E-state index contributed by atoms with van der Waals surface area (Å²) in [5, 5.41) is 30.0. The summed E-state index contributed by atoms with van der Waals surface area (Å²) >= 11 is 5.63. The second kappa shape index (κ2) is 32.1. The van der Waals surface area contributed by atoms with Crippen LogP contribution in [-0.2, 0) is 23.8 Å². The maximum Gasteiger partial charge on any atom is 1.00 e. The third-order valence-corrected chi connectivity index (χ3v) is 14.3. The van der Waals surface area contributed by atoms with Crippen LogP contribution in [-0.4, -0.2) is 48.9 Å². The first kappa shape index (κ1) is 63.0. The van der Waals surface area contributed by atoms with Crippen LogP contribution in [0.1, 0.15) is 138 Å². The van der Waals surface area contributed by atoms with Gasteiger partial charge in [0.2, 0.25) is 20.4 Å². The molecular weight excluding hydrogens is 925 g/mol. The van der Waals surface area contributed by atoms with E-state index in [2.05, 4.69) is 68.4 Å². The van der Waals surface area contributed by atoms with Gasteiger partial charge in [-0.05, 0) is 126 Å². The van der Waals surface area contributed by atoms with Crippen LogP contribution >= 0.6 is 24.0 Å². The minimum absolute atomic E-state index is 0. The monoisotopic (exact) mass is 1010 g/mol. The molecule has 3 aromatic carbocycles. The van der Waals surface area contributed by atoms with E-state index in [4.69, 9.17) is 49.9 Å². The molecule has 68 heavy (non-hydrogen) atoms. The average molecular weight is 1010 g/mol. The first-order valence-electron chi connectivity index (χ1n) is 24.4. The summed E-state index contributed by atoms with van der Waals surface area (Å²) < 4.78 is 37.5. The van der Waals surface area contributed by atoms with Gasteiger partial charge in [0.1, 0.15) is 0 Å². The van der Waals surface area contributed by atoms with Crippen LogP contribution in [0.3, 0.4) is 0 Å². The zero-order valence-electron chi connectivity index (χ0n) is 44.2. The fourth-order valence-electron chi connectivity index (χ4n) is 9.87. The fraction of sp³-hybridized carbons (Fsp3) is 0.667. The van der Waals surface area contributed by atoms with Gasteiger partial charge in [-0.25, -0.2) is 0 Å². The van der Waals surface area contributed by atoms with E-state index in [1.54, 1.807) is 12.1 Å². The third kappa shape index (κ3) is 19.7. The fourth-order valence-corrected chi connectivity index (χ4v) is 10.0. The van der Waals surface area contributed by atoms with Crippen molar-refractivity contribution in [3.63, 3.8) is 0 Å². The summed E-state index contributed by atoms with van der Waals surface area (Å²) in [5.74, 6) is 11.1. The number of aliphatic hydroxyl groups is 2. The molecular formula is C54H82Cl2Na2O10. The maximum absolute atomic E-state index is 11.5. The Balaban J connectivity index is 0.000000439. The van der Waals surface area contributed by atoms with Crippen LogP contribution in [0.25, 0.3) is 0 Å². The summed E-state index contributed by atoms with van der Waals surface area (Å²) in [6.45, 7) is 21.8. The van der Waals surface area contributed by atoms with Gasteiger partial charge in [0.05, 0.1) is 25.4 Å². The van der Waals surface area contributed by atoms with Crippen LogP contribution in [0.4, 0.5) is 0 Å². The van der Waals surface area contributed by atoms with Crippen molar-refractivity contribution in [2.45, 2.75) is 158 Å². The normalized spacial score (nSPS) is 25.9. The minimum Gasteiger partial charge on any atom is -1.00 e. The Morgan fingerprint density at radius 3 is 1.43 bits per heavy atom. The summed E-state index contributed by atoms with van der Waals surface area (Å²) in [6, 6.07) is 17.2. The molecule has 0 saturated heterocycles. The van der Waals surface area contributed by atoms with Crippen LogP contribution in [0.15, 0.2) is 54.6 Å². The predicted octanol–water partition coefficient (Wildman–Crippen LogP) is 6.24. The molecule has 3 aliphatic carbocycles. The van der Waals surface area contributed by atoms with E-state index in [-0.39, 0.29) is 98.6 Å². The van der Waals surface area contributed by atoms with Crippen molar-refractivity contribution in [3.8, 4) is 34.5 Å². The van der Waals surface area contributed by atoms with Gasteiger partial charge >= 0.3 is 59.1 Å². The van der Waals surface area contributed by atoms with Crippen LogP contribution in [0.5, 0.6) is 34.5 Å². The van der Waals surface area contributed by atoms with Crippen molar-refractivity contribution in [3.05, 3.63) is 71.3 Å². The van der Waals surface area contributed by atoms with E-state index in [9.17, 15) is 10.2 Å². The van der Waals surface area contributed by atoms with Gasteiger partial charge in [-0.1, -0.05) is 119 Å². The van der Waals surface area contributed by atoms with Gasteiger partial charge in [-0.15, -0.1) is 30.1 Å². The van der Waals surface area contributed by atoms with Gasteiger partial charge in [0, 0.05) is 5.88 Å². The molecule has 3 aliphatic heterocycles. The molecule has 6 aliphatic rings. The van der Waals surface area contributed by atoms with Gasteiger partial charge < -0.3 is 49.9 Å². The van der Waals surface area contributed by atoms with Gasteiger partial charge in [0.15, 0.2) is 34.5 Å². The molecule has 3 aromatic rings. The van der Waals surface area contributed by atoms with Crippen LogP contribution in [0.2, 0.25) is 0 Å². The van der Waals surface area contributed by atoms with Crippen molar-refractivity contribution >= 4 is 24.0 Å². The molecule has 14 heteroatoms. The first-order valence-corrected chi connectivity index (χ1v) is 25.0. The molecule has 10 nitrogen and oxygen atoms in total. The molecule has 0 aromatic heterocycles. The molecule has 9 unspecified atom stereocenters. The quantitative estimate of drug-likeness (QED) is 0.198. The van der Waals surface area contributed by atoms with Crippen molar-refractivity contribution in [2.24, 2.45) is 53.3 Å². The van der Waals surface area contributed by atoms with Crippen molar-refractivity contribution in [2.75, 3.05) is 20.4 Å². The summed E-state index contributed by atoms with van der Waals surface area (Å²) in [7, 11) is 0. The molecule has 3 saturated carbocycles. The SMILES string of the molecule is CC1CCC(C(C)C)C(O)C1.CC1CCC(C(C)C)C(OCc2ccc3c(c2)OCO3)C1.CC1CCC(C(C)C)C([O-])C1.Cl.ClCc1ccc2c(c1)OCO2.OCc1ccc2c(c1)OCO2.[H-].[Na+].[Na+]. The zero-order valence-corrected chi connectivity index (χ0v) is 48.8. The molecule has 0 amide bonds. The Morgan fingerprint density at radius 2 is 0.971 bits per heavy atom. The van der Waals surface area contributed by atoms with Crippen molar-refractivity contribution in [1.82, 2.24) is 0 Å². The topological polar surface area (TPSA) is 128 Å². The summed E-state index contributed by atoms with van der Waals surface area (Å²) in [5.41, 5.74) is 3.06. The maximum atomic E-state index is 11.5. The van der Waals surface area contributed by atoms with E-state index in [0.29, 0.717) is 73.6 Å². The molecule has 0 spiro atoms. The Labute approximate surface area is 466 Å². The second-order valence-electron chi connectivity index (χ2n) is 20.3. The standard InChI is InChI=1S/C18H26O3.C10H20O.C10H19O.C8H7ClO2.C8H8O3.ClH.2Na.H/c1-12(2)15-6-4-13(3)8-17(15)19-10-14-5-7-16-18(9-14)21-11-20-16;2*1-7(2)9-5-4-8(3)6-10(9)11;2*9-4-6-1-2-7-8(3-6)11-5-10-7;;;;/h5,7,9,12-13,15,17H,4,6,8,10-11H2,1-3H3;7-11H,4-6H2,1-3H3;7-10H,4-6H2,1-3H3;1-3H,4-5H2;1-3,9H,4-5H2;1H;;;/q;;-1;;;;2*+1;-1. The molecule has 9 atom stereocenters. The van der Waals surface area contributed by atoms with E-state index in [0.717, 1.165) is 76.7 Å². The van der Waals surface area contributed by atoms with Gasteiger partial charge in [0.25, 0.3) is 0 Å². The van der Waals surface area contributed by atoms with E-state index in [1.165, 1.54) is 44.1 Å². The van der Waals surface area contributed by atoms with Gasteiger partial charge in [-0.2, -0.15) is 0 Å². The molecule has 374 valence electrons. The number of rotatable bonds is 8. The van der Waals surface area contributed by atoms with E-state index >= 15 is 0 Å². The summed E-state index contributed by atoms with van der Waals surface area (Å²) in [4.78, 5) is 0. The number of halogens is 2. The Hall–Kier alpha value is -1.12. The molecule has 3 fully saturated rings. The smallest absolute Gasteiger partial charge is 1.00 e. The zero-order chi connectivity index (χ0) is 47.0. The van der Waals surface area contributed by atoms with Crippen LogP contribution in [0, 0.1) is 53.3 Å². The van der Waals surface area contributed by atoms with Crippen molar-refractivity contribution < 1.29 is 109 Å². The molecule has 3 heterocycles. The largest absolute Gasteiger partial charge is 1.00 e. The van der Waals surface area contributed by atoms with Crippen LogP contribution < -0.4 is 92.6 Å². The van der Waals surface area contributed by atoms with E-state index < -0.39 is 0 Å². The average Bonchev–Trinajstić information content (AvgIpc) is 4.07. The first-order chi connectivity index (χ1) is 31.1. The number of ether oxygens (including phenoxy) is 7. The number of fused-ring (bicyclic) bond motifs is 3. The predicted molar refractivity (Wildman–Crippen MR) is 264 cm³/mol. The Morgan fingerprint density at radius 1 is 0.574 bits per heavy atom. The molecule has 0 bridgehead atoms. The summed E-state index contributed by atoms with van der Waals surface area (Å²) in [6.07, 6.45) is 10.8. The Bertz CT molecular complexity index is 1790. The molecule has 0 radical (unpaired) electrons. The number of benzene rings is 3. The molecule has 9 rings (SSSR count). The van der Waals surface area contributed by atoms with Gasteiger partial charge in [-0.3, -0.25) is 0 Å². The molecule has 2 N–H and O–H groups in total. The number of hydrogen-bond acceptors (Lipinski definition) is 10. The van der Waals surface area contributed by atoms with E-state index in [1.807, 2.05) is 36.4 Å². The number of aliphatic hydroxyl groups excluding tert-OH is 2.